The van der Waals surface area contributed by atoms with Gasteiger partial charge < -0.3 is 19.9 Å². The average molecular weight is 267 g/mol. The summed E-state index contributed by atoms with van der Waals surface area (Å²) in [6, 6.07) is 4.66. The summed E-state index contributed by atoms with van der Waals surface area (Å²) in [5, 5.41) is 14.3. The van der Waals surface area contributed by atoms with E-state index in [2.05, 4.69) is 5.32 Å². The van der Waals surface area contributed by atoms with Gasteiger partial charge in [-0.1, -0.05) is 0 Å². The number of benzene rings is 1. The molecule has 2 atom stereocenters. The number of hydrogen-bond donors (Lipinski definition) is 2. The van der Waals surface area contributed by atoms with Gasteiger partial charge in [0.2, 0.25) is 0 Å². The van der Waals surface area contributed by atoms with Crippen molar-refractivity contribution in [1.29, 1.82) is 0 Å². The van der Waals surface area contributed by atoms with E-state index >= 15 is 0 Å². The largest absolute Gasteiger partial charge is 0.497 e. The Hall–Kier alpha value is -1.17. The fourth-order valence-electron chi connectivity index (χ4n) is 3.10. The van der Waals surface area contributed by atoms with Crippen molar-refractivity contribution in [3.8, 4) is 5.75 Å². The number of halogens is 1. The quantitative estimate of drug-likeness (QED) is 0.844. The summed E-state index contributed by atoms with van der Waals surface area (Å²) in [5.74, 6) is 0.0473. The van der Waals surface area contributed by atoms with Gasteiger partial charge in [0.15, 0.2) is 0 Å². The molecule has 5 heteroatoms. The average Bonchev–Trinajstić information content (AvgIpc) is 2.37. The molecule has 2 saturated heterocycles. The molecule has 0 saturated carbocycles. The number of fused-ring (bicyclic) bond motifs is 2. The van der Waals surface area contributed by atoms with Crippen molar-refractivity contribution in [1.82, 2.24) is 5.32 Å². The zero-order valence-electron chi connectivity index (χ0n) is 10.9. The van der Waals surface area contributed by atoms with E-state index in [1.54, 1.807) is 6.07 Å². The minimum atomic E-state index is -1.01. The number of ether oxygens (including phenoxy) is 2. The zero-order chi connectivity index (χ0) is 13.5. The molecule has 2 bridgehead atoms. The fourth-order valence-corrected chi connectivity index (χ4v) is 3.10. The number of rotatable bonds is 2. The van der Waals surface area contributed by atoms with Crippen LogP contribution in [-0.2, 0) is 10.3 Å². The van der Waals surface area contributed by atoms with E-state index in [1.807, 2.05) is 0 Å². The Morgan fingerprint density at radius 3 is 2.63 bits per heavy atom. The van der Waals surface area contributed by atoms with E-state index in [0.29, 0.717) is 37.4 Å². The maximum Gasteiger partial charge on any atom is 0.127 e. The van der Waals surface area contributed by atoms with Gasteiger partial charge in [-0.2, -0.15) is 0 Å². The Labute approximate surface area is 111 Å². The molecule has 2 aliphatic rings. The van der Waals surface area contributed by atoms with E-state index in [-0.39, 0.29) is 17.9 Å². The number of methoxy groups -OCH3 is 1. The minimum absolute atomic E-state index is 0.117. The maximum atomic E-state index is 13.6. The van der Waals surface area contributed by atoms with E-state index in [0.717, 1.165) is 0 Å². The van der Waals surface area contributed by atoms with Crippen LogP contribution in [0.5, 0.6) is 5.75 Å². The second kappa shape index (κ2) is 4.74. The van der Waals surface area contributed by atoms with Crippen LogP contribution < -0.4 is 10.1 Å². The first-order valence-corrected chi connectivity index (χ1v) is 6.50. The first-order chi connectivity index (χ1) is 9.09. The van der Waals surface area contributed by atoms with Gasteiger partial charge in [-0.25, -0.2) is 4.39 Å². The first kappa shape index (κ1) is 12.8. The van der Waals surface area contributed by atoms with E-state index in [4.69, 9.17) is 9.47 Å². The molecule has 0 amide bonds. The molecular formula is C14H18FNO3. The van der Waals surface area contributed by atoms with Crippen LogP contribution in [0, 0.1) is 5.82 Å². The molecule has 2 heterocycles. The molecule has 104 valence electrons. The van der Waals surface area contributed by atoms with Crippen molar-refractivity contribution in [2.24, 2.45) is 0 Å². The normalized spacial score (nSPS) is 34.1. The molecule has 0 aromatic heterocycles. The Balaban J connectivity index is 1.93. The highest BCUT2D eigenvalue weighted by Crippen LogP contribution is 2.38. The predicted molar refractivity (Wildman–Crippen MR) is 67.6 cm³/mol. The number of nitrogens with one attached hydrogen (secondary N) is 1. The molecular weight excluding hydrogens is 249 g/mol. The van der Waals surface area contributed by atoms with Crippen molar-refractivity contribution in [3.63, 3.8) is 0 Å². The smallest absolute Gasteiger partial charge is 0.127 e. The molecule has 0 aliphatic carbocycles. The molecule has 2 aliphatic heterocycles. The first-order valence-electron chi connectivity index (χ1n) is 6.50. The number of morpholine rings is 1. The second-order valence-corrected chi connectivity index (χ2v) is 5.42. The summed E-state index contributed by atoms with van der Waals surface area (Å²) < 4.78 is 24.1. The predicted octanol–water partition coefficient (Wildman–Crippen LogP) is 1.17. The molecule has 1 aromatic rings. The van der Waals surface area contributed by atoms with Gasteiger partial charge >= 0.3 is 0 Å². The van der Waals surface area contributed by atoms with Gasteiger partial charge in [-0.15, -0.1) is 0 Å². The molecule has 2 fully saturated rings. The number of hydrogen-bond acceptors (Lipinski definition) is 4. The SMILES string of the molecule is COc1cc(F)cc(C2(O)CC3COCC(C2)N3)c1. The standard InChI is InChI=1S/C14H18FNO3/c1-18-13-3-9(2-10(15)4-13)14(17)5-11-7-19-8-12(6-14)16-11/h2-4,11-12,16-17H,5-8H2,1H3. The van der Waals surface area contributed by atoms with Gasteiger partial charge in [0.25, 0.3) is 0 Å². The second-order valence-electron chi connectivity index (χ2n) is 5.42. The number of aliphatic hydroxyl groups is 1. The van der Waals surface area contributed by atoms with E-state index < -0.39 is 5.60 Å². The van der Waals surface area contributed by atoms with Crippen molar-refractivity contribution in [2.75, 3.05) is 20.3 Å². The van der Waals surface area contributed by atoms with Crippen LogP contribution in [0.4, 0.5) is 4.39 Å². The Morgan fingerprint density at radius 2 is 2.00 bits per heavy atom. The molecule has 19 heavy (non-hydrogen) atoms. The highest BCUT2D eigenvalue weighted by atomic mass is 19.1. The fraction of sp³-hybridized carbons (Fsp3) is 0.571. The minimum Gasteiger partial charge on any atom is -0.497 e. The third-order valence-electron chi connectivity index (χ3n) is 3.92. The molecule has 0 spiro atoms. The molecule has 4 nitrogen and oxygen atoms in total. The lowest BCUT2D eigenvalue weighted by Gasteiger charge is -2.45. The molecule has 2 N–H and O–H groups in total. The van der Waals surface area contributed by atoms with E-state index in [9.17, 15) is 9.50 Å². The third kappa shape index (κ3) is 2.45. The monoisotopic (exact) mass is 267 g/mol. The lowest BCUT2D eigenvalue weighted by atomic mass is 9.78. The van der Waals surface area contributed by atoms with Crippen LogP contribution in [0.1, 0.15) is 18.4 Å². The highest BCUT2D eigenvalue weighted by molar-refractivity contribution is 5.34. The van der Waals surface area contributed by atoms with Crippen LogP contribution in [-0.4, -0.2) is 37.5 Å². The van der Waals surface area contributed by atoms with Gasteiger partial charge in [-0.3, -0.25) is 0 Å². The summed E-state index contributed by atoms with van der Waals surface area (Å²) in [6.45, 7) is 1.18. The lowest BCUT2D eigenvalue weighted by molar-refractivity contribution is -0.0804. The van der Waals surface area contributed by atoms with Crippen LogP contribution in [0.3, 0.4) is 0 Å². The van der Waals surface area contributed by atoms with E-state index in [1.165, 1.54) is 19.2 Å². The van der Waals surface area contributed by atoms with Gasteiger partial charge in [0, 0.05) is 18.2 Å². The van der Waals surface area contributed by atoms with Crippen molar-refractivity contribution in [2.45, 2.75) is 30.5 Å². The molecule has 0 radical (unpaired) electrons. The molecule has 1 aromatic carbocycles. The van der Waals surface area contributed by atoms with Gasteiger partial charge in [-0.05, 0) is 30.5 Å². The van der Waals surface area contributed by atoms with Gasteiger partial charge in [0.05, 0.1) is 25.9 Å². The number of piperidine rings is 1. The third-order valence-corrected chi connectivity index (χ3v) is 3.92. The van der Waals surface area contributed by atoms with Crippen LogP contribution in [0.2, 0.25) is 0 Å². The Bertz CT molecular complexity index is 468. The van der Waals surface area contributed by atoms with Crippen molar-refractivity contribution >= 4 is 0 Å². The van der Waals surface area contributed by atoms with Crippen molar-refractivity contribution in [3.05, 3.63) is 29.6 Å². The highest BCUT2D eigenvalue weighted by Gasteiger charge is 2.42. The summed E-state index contributed by atoms with van der Waals surface area (Å²) in [6.07, 6.45) is 1.05. The van der Waals surface area contributed by atoms with Gasteiger partial charge in [0.1, 0.15) is 11.6 Å². The lowest BCUT2D eigenvalue weighted by Crippen LogP contribution is -2.58. The molecule has 2 unspecified atom stereocenters. The van der Waals surface area contributed by atoms with Crippen LogP contribution in [0.25, 0.3) is 0 Å². The summed E-state index contributed by atoms with van der Waals surface area (Å²) in [4.78, 5) is 0. The Kier molecular flexibility index (Phi) is 3.20. The summed E-state index contributed by atoms with van der Waals surface area (Å²) in [7, 11) is 1.49. The summed E-state index contributed by atoms with van der Waals surface area (Å²) >= 11 is 0. The Morgan fingerprint density at radius 1 is 1.32 bits per heavy atom. The van der Waals surface area contributed by atoms with Crippen molar-refractivity contribution < 1.29 is 19.0 Å². The maximum absolute atomic E-state index is 13.6. The molecule has 3 rings (SSSR count). The summed E-state index contributed by atoms with van der Waals surface area (Å²) in [5.41, 5.74) is -0.428. The zero-order valence-corrected chi connectivity index (χ0v) is 10.9. The van der Waals surface area contributed by atoms with Crippen LogP contribution in [0.15, 0.2) is 18.2 Å². The van der Waals surface area contributed by atoms with Crippen LogP contribution >= 0.6 is 0 Å². The topological polar surface area (TPSA) is 50.7 Å².